The first kappa shape index (κ1) is 16.4. The van der Waals surface area contributed by atoms with Crippen molar-refractivity contribution in [3.05, 3.63) is 59.7 Å². The van der Waals surface area contributed by atoms with Gasteiger partial charge in [-0.2, -0.15) is 0 Å². The Bertz CT molecular complexity index is 666. The Labute approximate surface area is 134 Å². The van der Waals surface area contributed by atoms with Crippen molar-refractivity contribution in [2.75, 3.05) is 13.7 Å². The van der Waals surface area contributed by atoms with E-state index in [0.717, 1.165) is 0 Å². The van der Waals surface area contributed by atoms with Crippen LogP contribution >= 0.6 is 0 Å². The zero-order valence-corrected chi connectivity index (χ0v) is 13.0. The molecule has 120 valence electrons. The summed E-state index contributed by atoms with van der Waals surface area (Å²) in [5, 5.41) is 0. The minimum atomic E-state index is -0.410. The topological polar surface area (TPSA) is 76.7 Å². The zero-order valence-electron chi connectivity index (χ0n) is 13.0. The Hall–Kier alpha value is -3.02. The van der Waals surface area contributed by atoms with E-state index in [2.05, 4.69) is 10.9 Å². The normalized spacial score (nSPS) is 9.83. The molecular formula is C17H18N2O4. The quantitative estimate of drug-likeness (QED) is 0.829. The van der Waals surface area contributed by atoms with Crippen molar-refractivity contribution in [1.29, 1.82) is 0 Å². The largest absolute Gasteiger partial charge is 0.497 e. The van der Waals surface area contributed by atoms with Gasteiger partial charge in [0.2, 0.25) is 0 Å². The zero-order chi connectivity index (χ0) is 16.7. The Morgan fingerprint density at radius 1 is 0.826 bits per heavy atom. The number of ether oxygens (including phenoxy) is 2. The summed E-state index contributed by atoms with van der Waals surface area (Å²) >= 11 is 0. The molecule has 0 atom stereocenters. The van der Waals surface area contributed by atoms with Gasteiger partial charge in [-0.1, -0.05) is 0 Å². The first-order chi connectivity index (χ1) is 11.1. The fourth-order valence-electron chi connectivity index (χ4n) is 1.87. The van der Waals surface area contributed by atoms with E-state index in [9.17, 15) is 9.59 Å². The van der Waals surface area contributed by atoms with Crippen LogP contribution in [0, 0.1) is 0 Å². The lowest BCUT2D eigenvalue weighted by molar-refractivity contribution is 0.0846. The lowest BCUT2D eigenvalue weighted by Gasteiger charge is -2.08. The molecule has 0 aromatic heterocycles. The van der Waals surface area contributed by atoms with Crippen molar-refractivity contribution in [1.82, 2.24) is 10.9 Å². The molecule has 2 amide bonds. The molecule has 0 saturated carbocycles. The molecule has 0 radical (unpaired) electrons. The molecule has 2 aromatic rings. The van der Waals surface area contributed by atoms with Gasteiger partial charge in [0.05, 0.1) is 13.7 Å². The number of hydrogen-bond acceptors (Lipinski definition) is 4. The molecule has 6 heteroatoms. The fraction of sp³-hybridized carbons (Fsp3) is 0.176. The van der Waals surface area contributed by atoms with Gasteiger partial charge in [0.15, 0.2) is 0 Å². The summed E-state index contributed by atoms with van der Waals surface area (Å²) in [5.41, 5.74) is 5.57. The molecule has 0 spiro atoms. The molecule has 0 heterocycles. The lowest BCUT2D eigenvalue weighted by Crippen LogP contribution is -2.41. The summed E-state index contributed by atoms with van der Waals surface area (Å²) in [7, 11) is 1.55. The number of hydrogen-bond donors (Lipinski definition) is 2. The first-order valence-corrected chi connectivity index (χ1v) is 7.11. The van der Waals surface area contributed by atoms with E-state index in [4.69, 9.17) is 9.47 Å². The van der Waals surface area contributed by atoms with E-state index in [1.807, 2.05) is 6.92 Å². The molecule has 6 nitrogen and oxygen atoms in total. The number of amides is 2. The van der Waals surface area contributed by atoms with Gasteiger partial charge in [-0.15, -0.1) is 0 Å². The number of rotatable bonds is 5. The van der Waals surface area contributed by atoms with E-state index >= 15 is 0 Å². The van der Waals surface area contributed by atoms with E-state index in [1.54, 1.807) is 55.6 Å². The van der Waals surface area contributed by atoms with E-state index in [1.165, 1.54) is 0 Å². The van der Waals surface area contributed by atoms with Crippen molar-refractivity contribution >= 4 is 11.8 Å². The highest BCUT2D eigenvalue weighted by atomic mass is 16.5. The third kappa shape index (κ3) is 4.47. The average molecular weight is 314 g/mol. The fourth-order valence-corrected chi connectivity index (χ4v) is 1.87. The molecule has 2 aromatic carbocycles. The SMILES string of the molecule is CCOc1ccc(C(=O)NNC(=O)c2ccc(OC)cc2)cc1. The van der Waals surface area contributed by atoms with Crippen molar-refractivity contribution < 1.29 is 19.1 Å². The van der Waals surface area contributed by atoms with Gasteiger partial charge in [-0.05, 0) is 55.5 Å². The predicted octanol–water partition coefficient (Wildman–Crippen LogP) is 2.17. The van der Waals surface area contributed by atoms with Crippen LogP contribution in [0.25, 0.3) is 0 Å². The van der Waals surface area contributed by atoms with Crippen LogP contribution in [0.5, 0.6) is 11.5 Å². The van der Waals surface area contributed by atoms with Gasteiger partial charge in [0, 0.05) is 11.1 Å². The van der Waals surface area contributed by atoms with Crippen LogP contribution in [0.4, 0.5) is 0 Å². The second-order valence-corrected chi connectivity index (χ2v) is 4.59. The van der Waals surface area contributed by atoms with Crippen LogP contribution in [-0.2, 0) is 0 Å². The van der Waals surface area contributed by atoms with Gasteiger partial charge < -0.3 is 9.47 Å². The maximum Gasteiger partial charge on any atom is 0.269 e. The van der Waals surface area contributed by atoms with Crippen LogP contribution in [0.2, 0.25) is 0 Å². The standard InChI is InChI=1S/C17H18N2O4/c1-3-23-15-10-6-13(7-11-15)17(21)19-18-16(20)12-4-8-14(22-2)9-5-12/h4-11H,3H2,1-2H3,(H,18,20)(H,19,21). The number of nitrogens with one attached hydrogen (secondary N) is 2. The monoisotopic (exact) mass is 314 g/mol. The number of benzene rings is 2. The van der Waals surface area contributed by atoms with Crippen LogP contribution in [0.15, 0.2) is 48.5 Å². The van der Waals surface area contributed by atoms with Gasteiger partial charge in [0.25, 0.3) is 11.8 Å². The van der Waals surface area contributed by atoms with E-state index < -0.39 is 11.8 Å². The van der Waals surface area contributed by atoms with Crippen LogP contribution in [0.3, 0.4) is 0 Å². The highest BCUT2D eigenvalue weighted by molar-refractivity contribution is 5.99. The smallest absolute Gasteiger partial charge is 0.269 e. The van der Waals surface area contributed by atoms with E-state index in [0.29, 0.717) is 29.2 Å². The summed E-state index contributed by atoms with van der Waals surface area (Å²) in [6.45, 7) is 2.44. The Morgan fingerprint density at radius 3 is 1.65 bits per heavy atom. The van der Waals surface area contributed by atoms with E-state index in [-0.39, 0.29) is 0 Å². The van der Waals surface area contributed by atoms with Crippen LogP contribution in [-0.4, -0.2) is 25.5 Å². The van der Waals surface area contributed by atoms with Gasteiger partial charge in [0.1, 0.15) is 11.5 Å². The molecule has 2 N–H and O–H groups in total. The second-order valence-electron chi connectivity index (χ2n) is 4.59. The number of carbonyl (C=O) groups is 2. The van der Waals surface area contributed by atoms with Gasteiger partial charge >= 0.3 is 0 Å². The number of methoxy groups -OCH3 is 1. The van der Waals surface area contributed by atoms with Gasteiger partial charge in [-0.25, -0.2) is 0 Å². The molecule has 0 aliphatic carbocycles. The first-order valence-electron chi connectivity index (χ1n) is 7.11. The van der Waals surface area contributed by atoms with Crippen molar-refractivity contribution in [3.63, 3.8) is 0 Å². The predicted molar refractivity (Wildman–Crippen MR) is 85.5 cm³/mol. The third-order valence-electron chi connectivity index (χ3n) is 3.07. The number of hydrazine groups is 1. The lowest BCUT2D eigenvalue weighted by atomic mass is 10.2. The minimum absolute atomic E-state index is 0.407. The summed E-state index contributed by atoms with van der Waals surface area (Å²) < 4.78 is 10.3. The molecular weight excluding hydrogens is 296 g/mol. The minimum Gasteiger partial charge on any atom is -0.497 e. The summed E-state index contributed by atoms with van der Waals surface area (Å²) in [5.74, 6) is 0.521. The molecule has 0 fully saturated rings. The maximum absolute atomic E-state index is 12.0. The Kier molecular flexibility index (Phi) is 5.57. The summed E-state index contributed by atoms with van der Waals surface area (Å²) in [6.07, 6.45) is 0. The highest BCUT2D eigenvalue weighted by Crippen LogP contribution is 2.12. The summed E-state index contributed by atoms with van der Waals surface area (Å²) in [6, 6.07) is 13.2. The molecule has 0 bridgehead atoms. The highest BCUT2D eigenvalue weighted by Gasteiger charge is 2.09. The summed E-state index contributed by atoms with van der Waals surface area (Å²) in [4.78, 5) is 23.9. The molecule has 0 aliphatic heterocycles. The van der Waals surface area contributed by atoms with Crippen molar-refractivity contribution in [2.24, 2.45) is 0 Å². The molecule has 0 unspecified atom stereocenters. The molecule has 2 rings (SSSR count). The Balaban J connectivity index is 1.91. The Morgan fingerprint density at radius 2 is 1.26 bits per heavy atom. The third-order valence-corrected chi connectivity index (χ3v) is 3.07. The molecule has 23 heavy (non-hydrogen) atoms. The van der Waals surface area contributed by atoms with Crippen molar-refractivity contribution in [2.45, 2.75) is 6.92 Å². The number of carbonyl (C=O) groups excluding carboxylic acids is 2. The maximum atomic E-state index is 12.0. The molecule has 0 aliphatic rings. The molecule has 0 saturated heterocycles. The van der Waals surface area contributed by atoms with Crippen molar-refractivity contribution in [3.8, 4) is 11.5 Å². The second kappa shape index (κ2) is 7.84. The average Bonchev–Trinajstić information content (AvgIpc) is 2.60. The van der Waals surface area contributed by atoms with Crippen LogP contribution < -0.4 is 20.3 Å². The van der Waals surface area contributed by atoms with Gasteiger partial charge in [-0.3, -0.25) is 20.4 Å². The van der Waals surface area contributed by atoms with Crippen LogP contribution in [0.1, 0.15) is 27.6 Å².